The number of fused-ring (bicyclic) bond motifs is 1. The maximum Gasteiger partial charge on any atom is 0.280 e. The number of nitrogens with zero attached hydrogens (tertiary/aromatic N) is 3. The first-order valence-corrected chi connectivity index (χ1v) is 8.16. The Bertz CT molecular complexity index is 848. The minimum absolute atomic E-state index is 0.0306. The number of hydrogen-bond donors (Lipinski definition) is 3. The number of imidazole rings is 1. The van der Waals surface area contributed by atoms with Gasteiger partial charge >= 0.3 is 0 Å². The van der Waals surface area contributed by atoms with Gasteiger partial charge in [-0.3, -0.25) is 14.3 Å². The lowest BCUT2D eigenvalue weighted by atomic mass is 10.0. The van der Waals surface area contributed by atoms with Gasteiger partial charge in [-0.2, -0.15) is 4.98 Å². The van der Waals surface area contributed by atoms with Crippen LogP contribution in [0.3, 0.4) is 0 Å². The number of ether oxygens (including phenoxy) is 3. The third kappa shape index (κ3) is 2.53. The van der Waals surface area contributed by atoms with Crippen LogP contribution in [-0.4, -0.2) is 62.3 Å². The summed E-state index contributed by atoms with van der Waals surface area (Å²) in [5, 5.41) is 10.7. The summed E-state index contributed by atoms with van der Waals surface area (Å²) in [6, 6.07) is 0. The van der Waals surface area contributed by atoms with E-state index in [1.165, 1.54) is 18.0 Å². The van der Waals surface area contributed by atoms with E-state index in [0.717, 1.165) is 0 Å². The number of nitrogen functional groups attached to an aromatic ring is 1. The van der Waals surface area contributed by atoms with Gasteiger partial charge < -0.3 is 25.1 Å². The SMILES string of the molecule is CO[C@H]1[C@@H](O)[C@H](n2cnc3c(=O)[nH]c(N)nc32)O[C@@H]1C1OC1C(C)C. The third-order valence-electron chi connectivity index (χ3n) is 4.79. The van der Waals surface area contributed by atoms with Crippen molar-refractivity contribution in [1.29, 1.82) is 0 Å². The van der Waals surface area contributed by atoms with Gasteiger partial charge in [-0.15, -0.1) is 0 Å². The molecule has 0 saturated carbocycles. The van der Waals surface area contributed by atoms with E-state index in [4.69, 9.17) is 19.9 Å². The lowest BCUT2D eigenvalue weighted by Crippen LogP contribution is -2.37. The zero-order valence-electron chi connectivity index (χ0n) is 14.1. The van der Waals surface area contributed by atoms with Gasteiger partial charge in [-0.05, 0) is 5.92 Å². The zero-order valence-corrected chi connectivity index (χ0v) is 14.1. The van der Waals surface area contributed by atoms with E-state index >= 15 is 0 Å². The van der Waals surface area contributed by atoms with Gasteiger partial charge in [0.05, 0.1) is 12.4 Å². The molecule has 2 unspecified atom stereocenters. The van der Waals surface area contributed by atoms with E-state index in [2.05, 4.69) is 28.8 Å². The third-order valence-corrected chi connectivity index (χ3v) is 4.79. The summed E-state index contributed by atoms with van der Waals surface area (Å²) in [5.41, 5.74) is 5.55. The molecule has 25 heavy (non-hydrogen) atoms. The Hall–Kier alpha value is -2.01. The number of nitrogens with two attached hydrogens (primary N) is 1. The van der Waals surface area contributed by atoms with Crippen LogP contribution in [0, 0.1) is 5.92 Å². The van der Waals surface area contributed by atoms with Crippen molar-refractivity contribution in [3.8, 4) is 0 Å². The summed E-state index contributed by atoms with van der Waals surface area (Å²) in [6.45, 7) is 4.13. The summed E-state index contributed by atoms with van der Waals surface area (Å²) in [6.07, 6.45) is -1.41. The predicted molar refractivity (Wildman–Crippen MR) is 86.8 cm³/mol. The van der Waals surface area contributed by atoms with Crippen LogP contribution in [0.25, 0.3) is 11.2 Å². The molecule has 4 heterocycles. The lowest BCUT2D eigenvalue weighted by molar-refractivity contribution is -0.0433. The fourth-order valence-electron chi connectivity index (χ4n) is 3.51. The Balaban J connectivity index is 1.68. The number of methoxy groups -OCH3 is 1. The molecule has 2 aliphatic heterocycles. The highest BCUT2D eigenvalue weighted by Crippen LogP contribution is 2.42. The van der Waals surface area contributed by atoms with Crippen LogP contribution >= 0.6 is 0 Å². The lowest BCUT2D eigenvalue weighted by Gasteiger charge is -2.18. The van der Waals surface area contributed by atoms with E-state index < -0.39 is 30.1 Å². The number of aliphatic hydroxyl groups excluding tert-OH is 1. The molecular weight excluding hydrogens is 330 g/mol. The number of H-pyrrole nitrogens is 1. The number of aliphatic hydroxyl groups is 1. The number of nitrogens with one attached hydrogen (secondary N) is 1. The topological polar surface area (TPSA) is 141 Å². The quantitative estimate of drug-likeness (QED) is 0.620. The fraction of sp³-hybridized carbons (Fsp3) is 0.667. The van der Waals surface area contributed by atoms with Crippen LogP contribution in [0.1, 0.15) is 20.1 Å². The summed E-state index contributed by atoms with van der Waals surface area (Å²) in [4.78, 5) is 22.5. The van der Waals surface area contributed by atoms with Crippen LogP contribution in [-0.2, 0) is 14.2 Å². The van der Waals surface area contributed by atoms with Gasteiger partial charge in [0.2, 0.25) is 5.95 Å². The summed E-state index contributed by atoms with van der Waals surface area (Å²) >= 11 is 0. The molecule has 6 atom stereocenters. The monoisotopic (exact) mass is 351 g/mol. The number of anilines is 1. The highest BCUT2D eigenvalue weighted by molar-refractivity contribution is 5.70. The normalized spacial score (nSPS) is 34.9. The van der Waals surface area contributed by atoms with Crippen LogP contribution in [0.4, 0.5) is 5.95 Å². The second-order valence-corrected chi connectivity index (χ2v) is 6.77. The number of aromatic nitrogens is 4. The number of hydrogen-bond acceptors (Lipinski definition) is 8. The molecule has 2 aliphatic rings. The van der Waals surface area contributed by atoms with Crippen molar-refractivity contribution in [3.05, 3.63) is 16.7 Å². The Morgan fingerprint density at radius 1 is 1.40 bits per heavy atom. The maximum atomic E-state index is 11.9. The van der Waals surface area contributed by atoms with Crippen molar-refractivity contribution in [3.63, 3.8) is 0 Å². The van der Waals surface area contributed by atoms with Crippen LogP contribution in [0.5, 0.6) is 0 Å². The molecule has 2 fully saturated rings. The fourth-order valence-corrected chi connectivity index (χ4v) is 3.51. The van der Waals surface area contributed by atoms with E-state index in [1.54, 1.807) is 0 Å². The second kappa shape index (κ2) is 5.77. The van der Waals surface area contributed by atoms with E-state index in [-0.39, 0.29) is 29.3 Å². The Morgan fingerprint density at radius 2 is 2.16 bits per heavy atom. The smallest absolute Gasteiger partial charge is 0.280 e. The van der Waals surface area contributed by atoms with Gasteiger partial charge in [-0.1, -0.05) is 13.8 Å². The molecule has 2 saturated heterocycles. The maximum absolute atomic E-state index is 11.9. The number of rotatable bonds is 4. The number of epoxide rings is 1. The molecule has 4 rings (SSSR count). The van der Waals surface area contributed by atoms with E-state index in [1.807, 2.05) is 0 Å². The molecule has 4 N–H and O–H groups in total. The Labute approximate surface area is 142 Å². The molecule has 2 aromatic rings. The van der Waals surface area contributed by atoms with Crippen LogP contribution in [0.15, 0.2) is 11.1 Å². The van der Waals surface area contributed by atoms with Gasteiger partial charge in [0.25, 0.3) is 5.56 Å². The molecule has 2 aromatic heterocycles. The molecule has 0 spiro atoms. The van der Waals surface area contributed by atoms with Crippen molar-refractivity contribution in [2.45, 2.75) is 50.6 Å². The minimum Gasteiger partial charge on any atom is -0.386 e. The molecule has 136 valence electrons. The molecule has 0 amide bonds. The predicted octanol–water partition coefficient (Wildman–Crippen LogP) is -0.601. The van der Waals surface area contributed by atoms with Gasteiger partial charge in [-0.25, -0.2) is 4.98 Å². The van der Waals surface area contributed by atoms with Gasteiger partial charge in [0.1, 0.15) is 24.4 Å². The van der Waals surface area contributed by atoms with E-state index in [9.17, 15) is 9.90 Å². The highest BCUT2D eigenvalue weighted by Gasteiger charge is 2.57. The van der Waals surface area contributed by atoms with Crippen molar-refractivity contribution < 1.29 is 19.3 Å². The van der Waals surface area contributed by atoms with Gasteiger partial charge in [0, 0.05) is 7.11 Å². The summed E-state index contributed by atoms with van der Waals surface area (Å²) in [7, 11) is 1.52. The van der Waals surface area contributed by atoms with Gasteiger partial charge in [0.15, 0.2) is 17.4 Å². The van der Waals surface area contributed by atoms with Crippen molar-refractivity contribution in [1.82, 2.24) is 19.5 Å². The molecule has 0 aliphatic carbocycles. The van der Waals surface area contributed by atoms with Crippen molar-refractivity contribution in [2.75, 3.05) is 12.8 Å². The molecule has 0 aromatic carbocycles. The Morgan fingerprint density at radius 3 is 2.80 bits per heavy atom. The standard InChI is InChI=1S/C15H21N5O5/c1-5(2)8-10(24-8)11-9(23-3)7(21)14(25-11)20-4-17-6-12(20)18-15(16)19-13(6)22/h4-5,7-11,14,21H,1-3H3,(H3,16,18,19,22)/t7-,8?,9+,10?,11+,14-/m1/s1. The van der Waals surface area contributed by atoms with Crippen molar-refractivity contribution >= 4 is 17.1 Å². The number of aromatic amines is 1. The molecule has 10 nitrogen and oxygen atoms in total. The molecular formula is C15H21N5O5. The summed E-state index contributed by atoms with van der Waals surface area (Å²) < 4.78 is 18.7. The highest BCUT2D eigenvalue weighted by atomic mass is 16.6. The average Bonchev–Trinajstić information content (AvgIpc) is 3.14. The molecule has 0 bridgehead atoms. The minimum atomic E-state index is -0.966. The molecule has 0 radical (unpaired) electrons. The van der Waals surface area contributed by atoms with E-state index in [0.29, 0.717) is 5.92 Å². The molecule has 10 heteroatoms. The Kier molecular flexibility index (Phi) is 3.80. The second-order valence-electron chi connectivity index (χ2n) is 6.77. The van der Waals surface area contributed by atoms with Crippen LogP contribution < -0.4 is 11.3 Å². The summed E-state index contributed by atoms with van der Waals surface area (Å²) in [5.74, 6) is 0.313. The average molecular weight is 351 g/mol. The van der Waals surface area contributed by atoms with Crippen LogP contribution in [0.2, 0.25) is 0 Å². The first-order chi connectivity index (χ1) is 11.9. The largest absolute Gasteiger partial charge is 0.386 e. The van der Waals surface area contributed by atoms with Crippen molar-refractivity contribution in [2.24, 2.45) is 5.92 Å². The first kappa shape index (κ1) is 16.5. The first-order valence-electron chi connectivity index (χ1n) is 8.16. The zero-order chi connectivity index (χ0) is 17.9.